The number of carbonyl (C=O) groups is 1. The zero-order valence-electron chi connectivity index (χ0n) is 4.95. The van der Waals surface area contributed by atoms with Crippen molar-refractivity contribution in [3.63, 3.8) is 0 Å². The second-order valence-electron chi connectivity index (χ2n) is 2.11. The molecule has 2 N–H and O–H groups in total. The fourth-order valence-electron chi connectivity index (χ4n) is 0.899. The van der Waals surface area contributed by atoms with E-state index in [9.17, 15) is 4.79 Å². The molecule has 0 unspecified atom stereocenters. The number of carbonyl (C=O) groups excluding carboxylic acids is 1. The Bertz CT molecular complexity index is 125. The molecule has 1 aliphatic heterocycles. The summed E-state index contributed by atoms with van der Waals surface area (Å²) in [6.07, 6.45) is 0.910. The molecule has 1 amide bonds. The van der Waals surface area contributed by atoms with Crippen molar-refractivity contribution < 1.29 is 15.1 Å². The number of hydroxylamine groups is 2. The van der Waals surface area contributed by atoms with Gasteiger partial charge in [-0.15, -0.1) is 0 Å². The highest BCUT2D eigenvalue weighted by Crippen LogP contribution is 2.14. The average Bonchev–Trinajstić information content (AvgIpc) is 2.15. The maximum Gasteiger partial charge on any atom is 0.246 e. The molecule has 0 bridgehead atoms. The number of aliphatic hydroxyl groups excluding tert-OH is 1. The first-order chi connectivity index (χ1) is 4.25. The smallest absolute Gasteiger partial charge is 0.246 e. The van der Waals surface area contributed by atoms with Crippen LogP contribution in [0, 0.1) is 0 Å². The molecule has 1 fully saturated rings. The zero-order chi connectivity index (χ0) is 6.85. The molecule has 1 rings (SSSR count). The van der Waals surface area contributed by atoms with Crippen LogP contribution in [0.5, 0.6) is 0 Å². The summed E-state index contributed by atoms with van der Waals surface area (Å²) in [6.45, 7) is -0.151. The highest BCUT2D eigenvalue weighted by Gasteiger charge is 2.28. The molecule has 0 aromatic carbocycles. The van der Waals surface area contributed by atoms with Crippen LogP contribution in [0.2, 0.25) is 0 Å². The van der Waals surface area contributed by atoms with Crippen molar-refractivity contribution >= 4 is 5.91 Å². The Kier molecular flexibility index (Phi) is 1.68. The first-order valence-corrected chi connectivity index (χ1v) is 2.87. The van der Waals surface area contributed by atoms with Crippen LogP contribution in [-0.2, 0) is 4.79 Å². The van der Waals surface area contributed by atoms with Gasteiger partial charge in [-0.05, 0) is 6.42 Å². The second kappa shape index (κ2) is 2.33. The van der Waals surface area contributed by atoms with Crippen LogP contribution < -0.4 is 0 Å². The molecule has 0 aromatic rings. The van der Waals surface area contributed by atoms with Gasteiger partial charge in [0.1, 0.15) is 0 Å². The van der Waals surface area contributed by atoms with Crippen LogP contribution in [0.3, 0.4) is 0 Å². The summed E-state index contributed by atoms with van der Waals surface area (Å²) in [6, 6.07) is -0.363. The second-order valence-corrected chi connectivity index (χ2v) is 2.11. The molecule has 0 aliphatic carbocycles. The average molecular weight is 131 g/mol. The van der Waals surface area contributed by atoms with E-state index in [2.05, 4.69) is 0 Å². The predicted molar refractivity (Wildman–Crippen MR) is 28.7 cm³/mol. The van der Waals surface area contributed by atoms with Crippen LogP contribution in [0.15, 0.2) is 0 Å². The molecule has 9 heavy (non-hydrogen) atoms. The Hall–Kier alpha value is -0.610. The Labute approximate surface area is 52.7 Å². The summed E-state index contributed by atoms with van der Waals surface area (Å²) < 4.78 is 0. The third kappa shape index (κ3) is 1.04. The minimum atomic E-state index is -0.363. The Morgan fingerprint density at radius 3 is 2.67 bits per heavy atom. The van der Waals surface area contributed by atoms with E-state index in [1.54, 1.807) is 0 Å². The van der Waals surface area contributed by atoms with Gasteiger partial charge >= 0.3 is 0 Å². The van der Waals surface area contributed by atoms with E-state index in [1.807, 2.05) is 0 Å². The predicted octanol–water partition coefficient (Wildman–Crippen LogP) is -0.641. The lowest BCUT2D eigenvalue weighted by Crippen LogP contribution is -2.31. The first kappa shape index (κ1) is 6.51. The van der Waals surface area contributed by atoms with E-state index in [0.717, 1.165) is 0 Å². The third-order valence-corrected chi connectivity index (χ3v) is 1.50. The fourth-order valence-corrected chi connectivity index (χ4v) is 0.899. The summed E-state index contributed by atoms with van der Waals surface area (Å²) in [5.41, 5.74) is 0. The maximum absolute atomic E-state index is 10.5. The molecule has 0 aromatic heterocycles. The molecular weight excluding hydrogens is 122 g/mol. The van der Waals surface area contributed by atoms with Gasteiger partial charge in [0.25, 0.3) is 0 Å². The van der Waals surface area contributed by atoms with Gasteiger partial charge in [0.15, 0.2) is 0 Å². The van der Waals surface area contributed by atoms with Crippen molar-refractivity contribution in [3.8, 4) is 0 Å². The van der Waals surface area contributed by atoms with Gasteiger partial charge < -0.3 is 5.11 Å². The lowest BCUT2D eigenvalue weighted by atomic mass is 10.2. The molecule has 4 heteroatoms. The van der Waals surface area contributed by atoms with Crippen molar-refractivity contribution in [2.45, 2.75) is 18.9 Å². The molecule has 4 nitrogen and oxygen atoms in total. The molecule has 0 spiro atoms. The number of nitrogens with zero attached hydrogens (tertiary/aromatic N) is 1. The molecule has 0 saturated carbocycles. The molecule has 1 heterocycles. The summed E-state index contributed by atoms with van der Waals surface area (Å²) in [5.74, 6) is -0.297. The van der Waals surface area contributed by atoms with E-state index >= 15 is 0 Å². The van der Waals surface area contributed by atoms with Gasteiger partial charge in [-0.2, -0.15) is 0 Å². The van der Waals surface area contributed by atoms with Gasteiger partial charge in [-0.1, -0.05) is 0 Å². The number of aliphatic hydroxyl groups is 1. The highest BCUT2D eigenvalue weighted by atomic mass is 16.5. The summed E-state index contributed by atoms with van der Waals surface area (Å²) in [7, 11) is 0. The molecule has 1 atom stereocenters. The number of hydrogen-bond acceptors (Lipinski definition) is 3. The monoisotopic (exact) mass is 131 g/mol. The minimum absolute atomic E-state index is 0.151. The van der Waals surface area contributed by atoms with Gasteiger partial charge in [0.05, 0.1) is 12.6 Å². The van der Waals surface area contributed by atoms with Crippen molar-refractivity contribution in [2.24, 2.45) is 0 Å². The van der Waals surface area contributed by atoms with Gasteiger partial charge in [-0.3, -0.25) is 10.0 Å². The van der Waals surface area contributed by atoms with Crippen molar-refractivity contribution in [1.29, 1.82) is 0 Å². The lowest BCUT2D eigenvalue weighted by Gasteiger charge is -2.13. The Balaban J connectivity index is 2.51. The normalized spacial score (nSPS) is 27.6. The molecular formula is C5H9NO3. The van der Waals surface area contributed by atoms with Gasteiger partial charge in [0, 0.05) is 6.42 Å². The maximum atomic E-state index is 10.5. The number of hydrogen-bond donors (Lipinski definition) is 2. The Morgan fingerprint density at radius 1 is 1.78 bits per heavy atom. The van der Waals surface area contributed by atoms with Crippen molar-refractivity contribution in [1.82, 2.24) is 5.06 Å². The van der Waals surface area contributed by atoms with Crippen LogP contribution >= 0.6 is 0 Å². The van der Waals surface area contributed by atoms with Crippen LogP contribution in [0.4, 0.5) is 0 Å². The van der Waals surface area contributed by atoms with E-state index in [1.165, 1.54) is 0 Å². The Morgan fingerprint density at radius 2 is 2.44 bits per heavy atom. The van der Waals surface area contributed by atoms with Gasteiger partial charge in [0.2, 0.25) is 5.91 Å². The van der Waals surface area contributed by atoms with Crippen LogP contribution in [-0.4, -0.2) is 33.9 Å². The highest BCUT2D eigenvalue weighted by molar-refractivity contribution is 5.77. The zero-order valence-corrected chi connectivity index (χ0v) is 4.95. The molecule has 1 aliphatic rings. The molecule has 1 saturated heterocycles. The van der Waals surface area contributed by atoms with E-state index in [4.69, 9.17) is 10.3 Å². The molecule has 0 radical (unpaired) electrons. The van der Waals surface area contributed by atoms with E-state index < -0.39 is 0 Å². The van der Waals surface area contributed by atoms with Gasteiger partial charge in [-0.25, -0.2) is 5.06 Å². The standard InChI is InChI=1S/C5H9NO3/c7-3-4-1-2-5(8)6(4)9/h4,7,9H,1-3H2/t4-/m1/s1. The quantitative estimate of drug-likeness (QED) is 0.465. The summed E-state index contributed by atoms with van der Waals surface area (Å²) in [5, 5.41) is 17.9. The molecule has 52 valence electrons. The number of rotatable bonds is 1. The van der Waals surface area contributed by atoms with E-state index in [0.29, 0.717) is 17.9 Å². The van der Waals surface area contributed by atoms with Crippen molar-refractivity contribution in [3.05, 3.63) is 0 Å². The minimum Gasteiger partial charge on any atom is -0.394 e. The SMILES string of the molecule is O=C1CC[C@H](CO)N1O. The lowest BCUT2D eigenvalue weighted by molar-refractivity contribution is -0.167. The van der Waals surface area contributed by atoms with Crippen molar-refractivity contribution in [2.75, 3.05) is 6.61 Å². The van der Waals surface area contributed by atoms with Crippen LogP contribution in [0.25, 0.3) is 0 Å². The largest absolute Gasteiger partial charge is 0.394 e. The summed E-state index contributed by atoms with van der Waals surface area (Å²) >= 11 is 0. The van der Waals surface area contributed by atoms with Crippen LogP contribution in [0.1, 0.15) is 12.8 Å². The first-order valence-electron chi connectivity index (χ1n) is 2.87. The fraction of sp³-hybridized carbons (Fsp3) is 0.800. The topological polar surface area (TPSA) is 60.8 Å². The summed E-state index contributed by atoms with van der Waals surface area (Å²) in [4.78, 5) is 10.5. The van der Waals surface area contributed by atoms with E-state index in [-0.39, 0.29) is 18.6 Å². The number of amides is 1. The third-order valence-electron chi connectivity index (χ3n) is 1.50.